The van der Waals surface area contributed by atoms with E-state index in [2.05, 4.69) is 20.1 Å². The van der Waals surface area contributed by atoms with Crippen molar-refractivity contribution in [3.05, 3.63) is 45.5 Å². The molecule has 0 saturated heterocycles. The minimum atomic E-state index is -2.99. The summed E-state index contributed by atoms with van der Waals surface area (Å²) in [5.74, 6) is -0.678. The second-order valence-electron chi connectivity index (χ2n) is 5.54. The first-order valence-corrected chi connectivity index (χ1v) is 7.46. The molecule has 1 aliphatic rings. The topological polar surface area (TPSA) is 89.0 Å². The van der Waals surface area contributed by atoms with Crippen molar-refractivity contribution in [2.75, 3.05) is 0 Å². The fourth-order valence-corrected chi connectivity index (χ4v) is 2.85. The number of pyridine rings is 1. The molecular formula is C15H16F2N4O3. The number of carbonyl (C=O) groups is 1. The number of amides is 1. The molecule has 1 unspecified atom stereocenters. The molecule has 0 spiro atoms. The normalized spacial score (nSPS) is 16.8. The van der Waals surface area contributed by atoms with Crippen LogP contribution in [0, 0.1) is 0 Å². The Hall–Kier alpha value is -2.71. The van der Waals surface area contributed by atoms with E-state index in [4.69, 9.17) is 0 Å². The first kappa shape index (κ1) is 16.2. The van der Waals surface area contributed by atoms with Gasteiger partial charge in [-0.15, -0.1) is 0 Å². The summed E-state index contributed by atoms with van der Waals surface area (Å²) in [4.78, 5) is 26.5. The van der Waals surface area contributed by atoms with E-state index in [0.29, 0.717) is 0 Å². The minimum absolute atomic E-state index is 0.00954. The molecule has 2 N–H and O–H groups in total. The zero-order valence-electron chi connectivity index (χ0n) is 12.9. The SMILES string of the molecule is Cn1nc(C(=O)NC2CCCc3[nH]c(=O)ccc32)cc1OC(F)F. The van der Waals surface area contributed by atoms with Gasteiger partial charge in [0.25, 0.3) is 5.91 Å². The number of ether oxygens (including phenoxy) is 1. The first-order chi connectivity index (χ1) is 11.4. The number of hydrogen-bond acceptors (Lipinski definition) is 4. The average molecular weight is 338 g/mol. The lowest BCUT2D eigenvalue weighted by Crippen LogP contribution is -2.32. The van der Waals surface area contributed by atoms with Crippen molar-refractivity contribution in [3.63, 3.8) is 0 Å². The van der Waals surface area contributed by atoms with Crippen molar-refractivity contribution < 1.29 is 18.3 Å². The number of halogens is 2. The van der Waals surface area contributed by atoms with Gasteiger partial charge in [-0.3, -0.25) is 9.59 Å². The molecule has 0 bridgehead atoms. The van der Waals surface area contributed by atoms with Gasteiger partial charge in [0.1, 0.15) is 0 Å². The van der Waals surface area contributed by atoms with Crippen LogP contribution in [0.5, 0.6) is 5.88 Å². The van der Waals surface area contributed by atoms with E-state index < -0.39 is 12.5 Å². The monoisotopic (exact) mass is 338 g/mol. The number of carbonyl (C=O) groups excluding carboxylic acids is 1. The van der Waals surface area contributed by atoms with Gasteiger partial charge in [-0.25, -0.2) is 4.68 Å². The number of nitrogens with one attached hydrogen (secondary N) is 2. The van der Waals surface area contributed by atoms with E-state index in [9.17, 15) is 18.4 Å². The Bertz CT molecular complexity index is 815. The van der Waals surface area contributed by atoms with Gasteiger partial charge >= 0.3 is 6.61 Å². The molecule has 3 rings (SSSR count). The Balaban J connectivity index is 1.78. The van der Waals surface area contributed by atoms with Crippen molar-refractivity contribution in [1.29, 1.82) is 0 Å². The number of nitrogens with zero attached hydrogens (tertiary/aromatic N) is 2. The minimum Gasteiger partial charge on any atom is -0.417 e. The number of alkyl halides is 2. The van der Waals surface area contributed by atoms with Gasteiger partial charge in [0.2, 0.25) is 11.4 Å². The van der Waals surface area contributed by atoms with Crippen LogP contribution in [0.1, 0.15) is 40.6 Å². The van der Waals surface area contributed by atoms with Crippen molar-refractivity contribution in [1.82, 2.24) is 20.1 Å². The molecule has 1 atom stereocenters. The summed E-state index contributed by atoms with van der Waals surface area (Å²) < 4.78 is 29.9. The van der Waals surface area contributed by atoms with E-state index in [-0.39, 0.29) is 23.2 Å². The number of fused-ring (bicyclic) bond motifs is 1. The highest BCUT2D eigenvalue weighted by molar-refractivity contribution is 5.92. The second-order valence-corrected chi connectivity index (χ2v) is 5.54. The van der Waals surface area contributed by atoms with Gasteiger partial charge in [-0.1, -0.05) is 0 Å². The summed E-state index contributed by atoms with van der Waals surface area (Å²) >= 11 is 0. The van der Waals surface area contributed by atoms with Crippen LogP contribution in [0.15, 0.2) is 23.0 Å². The molecule has 2 aromatic rings. The summed E-state index contributed by atoms with van der Waals surface area (Å²) in [5.41, 5.74) is 1.47. The Labute approximate surface area is 135 Å². The fourth-order valence-electron chi connectivity index (χ4n) is 2.85. The van der Waals surface area contributed by atoms with E-state index in [0.717, 1.165) is 41.3 Å². The molecular weight excluding hydrogens is 322 g/mol. The fraction of sp³-hybridized carbons (Fsp3) is 0.400. The van der Waals surface area contributed by atoms with Gasteiger partial charge in [0.15, 0.2) is 5.69 Å². The maximum atomic E-state index is 12.3. The third-order valence-electron chi connectivity index (χ3n) is 3.92. The van der Waals surface area contributed by atoms with E-state index >= 15 is 0 Å². The van der Waals surface area contributed by atoms with Gasteiger partial charge in [-0.2, -0.15) is 13.9 Å². The van der Waals surface area contributed by atoms with Crippen LogP contribution in [0.4, 0.5) is 8.78 Å². The zero-order chi connectivity index (χ0) is 17.3. The molecule has 1 amide bonds. The predicted molar refractivity (Wildman–Crippen MR) is 80.0 cm³/mol. The van der Waals surface area contributed by atoms with E-state index in [1.54, 1.807) is 6.07 Å². The Morgan fingerprint density at radius 3 is 3.04 bits per heavy atom. The van der Waals surface area contributed by atoms with Crippen molar-refractivity contribution in [3.8, 4) is 5.88 Å². The molecule has 0 radical (unpaired) electrons. The van der Waals surface area contributed by atoms with Gasteiger partial charge < -0.3 is 15.0 Å². The predicted octanol–water partition coefficient (Wildman–Crippen LogP) is 1.52. The Morgan fingerprint density at radius 1 is 1.50 bits per heavy atom. The maximum Gasteiger partial charge on any atom is 0.388 e. The molecule has 0 aromatic carbocycles. The van der Waals surface area contributed by atoms with Crippen molar-refractivity contribution >= 4 is 5.91 Å². The average Bonchev–Trinajstić information content (AvgIpc) is 2.87. The summed E-state index contributed by atoms with van der Waals surface area (Å²) in [6.45, 7) is -2.99. The van der Waals surface area contributed by atoms with Gasteiger partial charge in [0.05, 0.1) is 6.04 Å². The van der Waals surface area contributed by atoms with Crippen molar-refractivity contribution in [2.45, 2.75) is 31.9 Å². The highest BCUT2D eigenvalue weighted by Gasteiger charge is 2.24. The molecule has 2 aromatic heterocycles. The molecule has 0 aliphatic heterocycles. The van der Waals surface area contributed by atoms with E-state index in [1.807, 2.05) is 0 Å². The number of rotatable bonds is 4. The lowest BCUT2D eigenvalue weighted by atomic mass is 9.91. The number of aromatic nitrogens is 3. The van der Waals surface area contributed by atoms with Crippen LogP contribution in [-0.4, -0.2) is 27.3 Å². The van der Waals surface area contributed by atoms with Crippen molar-refractivity contribution in [2.24, 2.45) is 7.05 Å². The highest BCUT2D eigenvalue weighted by atomic mass is 19.3. The first-order valence-electron chi connectivity index (χ1n) is 7.46. The quantitative estimate of drug-likeness (QED) is 0.884. The second kappa shape index (κ2) is 6.42. The lowest BCUT2D eigenvalue weighted by molar-refractivity contribution is -0.0553. The number of H-pyrrole nitrogens is 1. The van der Waals surface area contributed by atoms with Crippen LogP contribution >= 0.6 is 0 Å². The third kappa shape index (κ3) is 3.29. The van der Waals surface area contributed by atoms with Crippen LogP contribution in [0.25, 0.3) is 0 Å². The summed E-state index contributed by atoms with van der Waals surface area (Å²) in [5, 5.41) is 6.71. The molecule has 9 heteroatoms. The number of aryl methyl sites for hydroxylation is 2. The van der Waals surface area contributed by atoms with Crippen LogP contribution < -0.4 is 15.6 Å². The summed E-state index contributed by atoms with van der Waals surface area (Å²) in [7, 11) is 1.41. The molecule has 0 saturated carbocycles. The summed E-state index contributed by atoms with van der Waals surface area (Å²) in [6.07, 6.45) is 2.28. The smallest absolute Gasteiger partial charge is 0.388 e. The molecule has 2 heterocycles. The largest absolute Gasteiger partial charge is 0.417 e. The van der Waals surface area contributed by atoms with E-state index in [1.165, 1.54) is 13.1 Å². The van der Waals surface area contributed by atoms with Crippen LogP contribution in [-0.2, 0) is 13.5 Å². The molecule has 128 valence electrons. The molecule has 24 heavy (non-hydrogen) atoms. The van der Waals surface area contributed by atoms with Crippen LogP contribution in [0.2, 0.25) is 0 Å². The summed E-state index contributed by atoms with van der Waals surface area (Å²) in [6, 6.07) is 4.01. The Kier molecular flexibility index (Phi) is 4.32. The third-order valence-corrected chi connectivity index (χ3v) is 3.92. The molecule has 0 fully saturated rings. The highest BCUT2D eigenvalue weighted by Crippen LogP contribution is 2.28. The maximum absolute atomic E-state index is 12.3. The van der Waals surface area contributed by atoms with Gasteiger partial charge in [-0.05, 0) is 30.9 Å². The number of aromatic amines is 1. The van der Waals surface area contributed by atoms with Crippen LogP contribution in [0.3, 0.4) is 0 Å². The zero-order valence-corrected chi connectivity index (χ0v) is 12.9. The Morgan fingerprint density at radius 2 is 2.29 bits per heavy atom. The molecule has 7 nitrogen and oxygen atoms in total. The number of hydrogen-bond donors (Lipinski definition) is 2. The van der Waals surface area contributed by atoms with Gasteiger partial charge in [0, 0.05) is 24.9 Å². The molecule has 1 aliphatic carbocycles. The lowest BCUT2D eigenvalue weighted by Gasteiger charge is -2.25. The standard InChI is InChI=1S/C15H16F2N4O3/c1-21-13(24-15(16)17)7-11(20-21)14(23)19-10-4-2-3-9-8(10)5-6-12(22)18-9/h5-7,10,15H,2-4H2,1H3,(H,18,22)(H,19,23).